The van der Waals surface area contributed by atoms with Gasteiger partial charge in [0, 0.05) is 6.54 Å². The fourth-order valence-corrected chi connectivity index (χ4v) is 1.60. The van der Waals surface area contributed by atoms with Crippen molar-refractivity contribution >= 4 is 11.9 Å². The minimum Gasteiger partial charge on any atom is -0.479 e. The molecule has 1 fully saturated rings. The molecule has 1 saturated heterocycles. The second-order valence-electron chi connectivity index (χ2n) is 5.26. The number of nitrogens with one attached hydrogen (secondary N) is 1. The number of carbonyl (C=O) groups is 2. The van der Waals surface area contributed by atoms with E-state index >= 15 is 0 Å². The average Bonchev–Trinajstić information content (AvgIpc) is 2.75. The molecule has 0 bridgehead atoms. The van der Waals surface area contributed by atoms with E-state index in [1.807, 2.05) is 13.8 Å². The van der Waals surface area contributed by atoms with Gasteiger partial charge in [-0.25, -0.2) is 4.79 Å². The molecule has 6 nitrogen and oxygen atoms in total. The molecule has 3 atom stereocenters. The highest BCUT2D eigenvalue weighted by molar-refractivity contribution is 5.82. The summed E-state index contributed by atoms with van der Waals surface area (Å²) in [6.45, 7) is 5.49. The number of hydrogen-bond acceptors (Lipinski definition) is 4. The van der Waals surface area contributed by atoms with Gasteiger partial charge in [0.2, 0.25) is 5.91 Å². The smallest absolute Gasteiger partial charge is 0.332 e. The van der Waals surface area contributed by atoms with Gasteiger partial charge in [-0.2, -0.15) is 0 Å². The van der Waals surface area contributed by atoms with Gasteiger partial charge in [-0.3, -0.25) is 4.79 Å². The zero-order valence-electron chi connectivity index (χ0n) is 11.0. The van der Waals surface area contributed by atoms with Crippen molar-refractivity contribution in [2.45, 2.75) is 51.4 Å². The number of rotatable bonds is 5. The van der Waals surface area contributed by atoms with Crippen LogP contribution in [-0.4, -0.2) is 46.4 Å². The first-order valence-electron chi connectivity index (χ1n) is 6.12. The summed E-state index contributed by atoms with van der Waals surface area (Å²) in [5.74, 6) is -1.40. The molecule has 0 aromatic carbocycles. The van der Waals surface area contributed by atoms with E-state index < -0.39 is 23.8 Å². The molecule has 1 aliphatic rings. The number of ether oxygens (including phenoxy) is 1. The molecule has 1 rings (SSSR count). The van der Waals surface area contributed by atoms with Crippen molar-refractivity contribution in [1.29, 1.82) is 0 Å². The molecule has 0 aliphatic carbocycles. The number of aliphatic carboxylic acids is 1. The molecule has 6 heteroatoms. The van der Waals surface area contributed by atoms with Crippen LogP contribution < -0.4 is 5.32 Å². The summed E-state index contributed by atoms with van der Waals surface area (Å²) in [5, 5.41) is 21.3. The molecule has 1 amide bonds. The Morgan fingerprint density at radius 1 is 1.39 bits per heavy atom. The monoisotopic (exact) mass is 259 g/mol. The number of carboxylic acid groups (broad SMARTS) is 1. The van der Waals surface area contributed by atoms with Crippen LogP contribution in [0.3, 0.4) is 0 Å². The molecule has 0 spiro atoms. The minimum absolute atomic E-state index is 0.00839. The molecule has 0 radical (unpaired) electrons. The van der Waals surface area contributed by atoms with E-state index in [1.54, 1.807) is 6.92 Å². The highest BCUT2D eigenvalue weighted by atomic mass is 16.5. The van der Waals surface area contributed by atoms with E-state index in [0.29, 0.717) is 12.8 Å². The molecule has 1 unspecified atom stereocenters. The van der Waals surface area contributed by atoms with Crippen LogP contribution in [-0.2, 0) is 14.3 Å². The summed E-state index contributed by atoms with van der Waals surface area (Å²) >= 11 is 0. The summed E-state index contributed by atoms with van der Waals surface area (Å²) in [5.41, 5.74) is -0.986. The predicted octanol–water partition coefficient (Wildman–Crippen LogP) is 0.142. The van der Waals surface area contributed by atoms with Crippen LogP contribution in [0.1, 0.15) is 33.6 Å². The summed E-state index contributed by atoms with van der Waals surface area (Å²) in [4.78, 5) is 22.4. The normalized spacial score (nSPS) is 26.9. The van der Waals surface area contributed by atoms with Crippen LogP contribution >= 0.6 is 0 Å². The van der Waals surface area contributed by atoms with Crippen molar-refractivity contribution < 1.29 is 24.5 Å². The summed E-state index contributed by atoms with van der Waals surface area (Å²) in [6, 6.07) is 0. The first-order chi connectivity index (χ1) is 8.24. The molecule has 1 aliphatic heterocycles. The molecule has 0 aromatic rings. The van der Waals surface area contributed by atoms with Gasteiger partial charge in [0.1, 0.15) is 6.10 Å². The minimum atomic E-state index is -1.04. The van der Waals surface area contributed by atoms with Crippen molar-refractivity contribution in [2.75, 3.05) is 6.54 Å². The zero-order chi connectivity index (χ0) is 13.9. The fraction of sp³-hybridized carbons (Fsp3) is 0.833. The van der Waals surface area contributed by atoms with Crippen LogP contribution in [0.2, 0.25) is 0 Å². The lowest BCUT2D eigenvalue weighted by Gasteiger charge is -2.28. The molecular formula is C12H21NO5. The van der Waals surface area contributed by atoms with Crippen molar-refractivity contribution in [3.05, 3.63) is 0 Å². The Hall–Kier alpha value is -1.14. The van der Waals surface area contributed by atoms with Crippen LogP contribution in [0.25, 0.3) is 0 Å². The molecule has 3 N–H and O–H groups in total. The first kappa shape index (κ1) is 14.9. The maximum atomic E-state index is 11.7. The number of carbonyl (C=O) groups excluding carboxylic acids is 1. The van der Waals surface area contributed by atoms with E-state index in [9.17, 15) is 14.7 Å². The fourth-order valence-electron chi connectivity index (χ4n) is 1.60. The lowest BCUT2D eigenvalue weighted by atomic mass is 9.92. The second kappa shape index (κ2) is 5.67. The molecule has 18 heavy (non-hydrogen) atoms. The predicted molar refractivity (Wildman–Crippen MR) is 64.0 cm³/mol. The van der Waals surface area contributed by atoms with Crippen molar-refractivity contribution in [1.82, 2.24) is 5.32 Å². The quantitative estimate of drug-likeness (QED) is 0.652. The average molecular weight is 259 g/mol. The van der Waals surface area contributed by atoms with Crippen molar-refractivity contribution in [2.24, 2.45) is 5.92 Å². The molecule has 1 heterocycles. The third-order valence-electron chi connectivity index (χ3n) is 3.45. The topological polar surface area (TPSA) is 95.9 Å². The van der Waals surface area contributed by atoms with Gasteiger partial charge in [-0.1, -0.05) is 13.8 Å². The highest BCUT2D eigenvalue weighted by Crippen LogP contribution is 2.20. The number of aliphatic hydroxyl groups is 1. The summed E-state index contributed by atoms with van der Waals surface area (Å²) in [6.07, 6.45) is -0.888. The summed E-state index contributed by atoms with van der Waals surface area (Å²) in [7, 11) is 0. The van der Waals surface area contributed by atoms with Crippen molar-refractivity contribution in [3.63, 3.8) is 0 Å². The Morgan fingerprint density at radius 3 is 2.39 bits per heavy atom. The van der Waals surface area contributed by atoms with Gasteiger partial charge in [0.15, 0.2) is 6.10 Å². The van der Waals surface area contributed by atoms with Crippen LogP contribution in [0.5, 0.6) is 0 Å². The van der Waals surface area contributed by atoms with Gasteiger partial charge in [-0.05, 0) is 25.7 Å². The highest BCUT2D eigenvalue weighted by Gasteiger charge is 2.35. The molecule has 0 aromatic heterocycles. The van der Waals surface area contributed by atoms with Gasteiger partial charge in [-0.15, -0.1) is 0 Å². The Labute approximate surface area is 106 Å². The Morgan fingerprint density at radius 2 is 1.94 bits per heavy atom. The van der Waals surface area contributed by atoms with E-state index in [1.165, 1.54) is 0 Å². The largest absolute Gasteiger partial charge is 0.479 e. The lowest BCUT2D eigenvalue weighted by molar-refractivity contribution is -0.152. The zero-order valence-corrected chi connectivity index (χ0v) is 11.0. The Bertz CT molecular complexity index is 326. The standard InChI is InChI=1S/C12H21NO5/c1-7(2)12(3,17)6-13-10(14)8-4-5-9(18-8)11(15)16/h7-9,17H,4-6H2,1-3H3,(H,13,14)(H,15,16)/t8-,9+,12?/m0/s1. The Kier molecular flexibility index (Phi) is 4.70. The SMILES string of the molecule is CC(C)C(C)(O)CNC(=O)[C@@H]1CC[C@H](C(=O)O)O1. The van der Waals surface area contributed by atoms with Gasteiger partial charge in [0.25, 0.3) is 0 Å². The summed E-state index contributed by atoms with van der Waals surface area (Å²) < 4.78 is 5.12. The van der Waals surface area contributed by atoms with Crippen LogP contribution in [0, 0.1) is 5.92 Å². The van der Waals surface area contributed by atoms with Gasteiger partial charge < -0.3 is 20.3 Å². The molecule has 0 saturated carbocycles. The van der Waals surface area contributed by atoms with E-state index in [4.69, 9.17) is 9.84 Å². The van der Waals surface area contributed by atoms with E-state index in [0.717, 1.165) is 0 Å². The maximum absolute atomic E-state index is 11.7. The molecular weight excluding hydrogens is 238 g/mol. The Balaban J connectivity index is 2.41. The molecule has 104 valence electrons. The maximum Gasteiger partial charge on any atom is 0.332 e. The van der Waals surface area contributed by atoms with Gasteiger partial charge >= 0.3 is 5.97 Å². The van der Waals surface area contributed by atoms with Crippen LogP contribution in [0.15, 0.2) is 0 Å². The number of carboxylic acids is 1. The van der Waals surface area contributed by atoms with Gasteiger partial charge in [0.05, 0.1) is 5.60 Å². The lowest BCUT2D eigenvalue weighted by Crippen LogP contribution is -2.47. The number of amides is 1. The third-order valence-corrected chi connectivity index (χ3v) is 3.45. The number of hydrogen-bond donors (Lipinski definition) is 3. The first-order valence-corrected chi connectivity index (χ1v) is 6.12. The second-order valence-corrected chi connectivity index (χ2v) is 5.26. The van der Waals surface area contributed by atoms with E-state index in [2.05, 4.69) is 5.32 Å². The van der Waals surface area contributed by atoms with Crippen LogP contribution in [0.4, 0.5) is 0 Å². The van der Waals surface area contributed by atoms with E-state index in [-0.39, 0.29) is 18.4 Å². The van der Waals surface area contributed by atoms with Crippen molar-refractivity contribution in [3.8, 4) is 0 Å². The third kappa shape index (κ3) is 3.68.